The van der Waals surface area contributed by atoms with Gasteiger partial charge in [-0.25, -0.2) is 0 Å². The second-order valence-corrected chi connectivity index (χ2v) is 5.73. The molecule has 2 N–H and O–H groups in total. The normalized spacial score (nSPS) is 18.5. The Balaban J connectivity index is 2.42. The first kappa shape index (κ1) is 12.5. The lowest BCUT2D eigenvalue weighted by atomic mass is 9.81. The number of rotatable bonds is 4. The van der Waals surface area contributed by atoms with Crippen LogP contribution in [-0.2, 0) is 4.79 Å². The highest BCUT2D eigenvalue weighted by molar-refractivity contribution is 5.77. The van der Waals surface area contributed by atoms with Gasteiger partial charge in [-0.3, -0.25) is 4.79 Å². The molecule has 0 atom stereocenters. The molecule has 15 heavy (non-hydrogen) atoms. The van der Waals surface area contributed by atoms with Gasteiger partial charge >= 0.3 is 0 Å². The van der Waals surface area contributed by atoms with Crippen molar-refractivity contribution in [2.45, 2.75) is 64.5 Å². The van der Waals surface area contributed by atoms with Crippen molar-refractivity contribution in [2.75, 3.05) is 0 Å². The molecule has 0 aromatic carbocycles. The van der Waals surface area contributed by atoms with Crippen molar-refractivity contribution in [1.29, 1.82) is 0 Å². The maximum Gasteiger partial charge on any atom is 0.220 e. The van der Waals surface area contributed by atoms with Crippen LogP contribution in [0.2, 0.25) is 0 Å². The second-order valence-electron chi connectivity index (χ2n) is 5.73. The summed E-state index contributed by atoms with van der Waals surface area (Å²) in [6, 6.07) is 0. The summed E-state index contributed by atoms with van der Waals surface area (Å²) in [4.78, 5) is 11.7. The van der Waals surface area contributed by atoms with Crippen LogP contribution in [0.1, 0.15) is 53.4 Å². The lowest BCUT2D eigenvalue weighted by Gasteiger charge is -2.38. The summed E-state index contributed by atoms with van der Waals surface area (Å²) in [5.74, 6) is 0.634. The average molecular weight is 213 g/mol. The topological polar surface area (TPSA) is 49.3 Å². The highest BCUT2D eigenvalue weighted by Crippen LogP contribution is 2.30. The molecule has 88 valence electrons. The first-order chi connectivity index (χ1) is 6.72. The van der Waals surface area contributed by atoms with E-state index in [9.17, 15) is 9.90 Å². The zero-order valence-electron chi connectivity index (χ0n) is 10.3. The van der Waals surface area contributed by atoms with Gasteiger partial charge in [0.25, 0.3) is 0 Å². The van der Waals surface area contributed by atoms with Gasteiger partial charge in [-0.1, -0.05) is 6.42 Å². The van der Waals surface area contributed by atoms with Crippen LogP contribution in [0.3, 0.4) is 0 Å². The van der Waals surface area contributed by atoms with Crippen molar-refractivity contribution in [2.24, 2.45) is 5.92 Å². The van der Waals surface area contributed by atoms with Crippen LogP contribution >= 0.6 is 0 Å². The van der Waals surface area contributed by atoms with E-state index in [2.05, 4.69) is 5.32 Å². The van der Waals surface area contributed by atoms with Crippen LogP contribution in [0.5, 0.6) is 0 Å². The van der Waals surface area contributed by atoms with E-state index in [-0.39, 0.29) is 5.91 Å². The molecule has 0 aromatic heterocycles. The molecule has 0 unspecified atom stereocenters. The Morgan fingerprint density at radius 1 is 1.33 bits per heavy atom. The number of carbonyl (C=O) groups excluding carboxylic acids is 1. The summed E-state index contributed by atoms with van der Waals surface area (Å²) < 4.78 is 0. The highest BCUT2D eigenvalue weighted by atomic mass is 16.3. The van der Waals surface area contributed by atoms with Crippen molar-refractivity contribution in [3.05, 3.63) is 0 Å². The number of nitrogens with one attached hydrogen (secondary N) is 1. The number of hydrogen-bond donors (Lipinski definition) is 2. The molecular formula is C12H23NO2. The predicted octanol–water partition coefficient (Wildman–Crippen LogP) is 1.84. The third kappa shape index (κ3) is 3.20. The van der Waals surface area contributed by atoms with E-state index in [4.69, 9.17) is 0 Å². The Morgan fingerprint density at radius 2 is 1.87 bits per heavy atom. The fourth-order valence-corrected chi connectivity index (χ4v) is 1.51. The van der Waals surface area contributed by atoms with Gasteiger partial charge in [0.05, 0.1) is 11.1 Å². The Labute approximate surface area is 92.3 Å². The molecule has 0 heterocycles. The van der Waals surface area contributed by atoms with Gasteiger partial charge in [0.1, 0.15) is 0 Å². The van der Waals surface area contributed by atoms with Gasteiger partial charge < -0.3 is 10.4 Å². The van der Waals surface area contributed by atoms with Gasteiger partial charge in [0, 0.05) is 6.42 Å². The minimum atomic E-state index is -0.901. The van der Waals surface area contributed by atoms with Gasteiger partial charge in [-0.05, 0) is 46.5 Å². The Hall–Kier alpha value is -0.570. The first-order valence-corrected chi connectivity index (χ1v) is 5.76. The van der Waals surface area contributed by atoms with E-state index in [1.807, 2.05) is 13.8 Å². The summed E-state index contributed by atoms with van der Waals surface area (Å²) in [6.07, 6.45) is 4.22. The van der Waals surface area contributed by atoms with Crippen LogP contribution in [0.25, 0.3) is 0 Å². The summed E-state index contributed by atoms with van der Waals surface area (Å²) >= 11 is 0. The van der Waals surface area contributed by atoms with Crippen molar-refractivity contribution >= 4 is 5.91 Å². The monoisotopic (exact) mass is 213 g/mol. The lowest BCUT2D eigenvalue weighted by Crippen LogP contribution is -2.58. The van der Waals surface area contributed by atoms with E-state index >= 15 is 0 Å². The Morgan fingerprint density at radius 3 is 2.20 bits per heavy atom. The molecule has 0 radical (unpaired) electrons. The fourth-order valence-electron chi connectivity index (χ4n) is 1.51. The van der Waals surface area contributed by atoms with Crippen molar-refractivity contribution in [3.8, 4) is 0 Å². The summed E-state index contributed by atoms with van der Waals surface area (Å²) in [7, 11) is 0. The molecule has 1 aliphatic rings. The first-order valence-electron chi connectivity index (χ1n) is 5.76. The van der Waals surface area contributed by atoms with Crippen LogP contribution in [0, 0.1) is 5.92 Å². The van der Waals surface area contributed by atoms with Gasteiger partial charge in [-0.2, -0.15) is 0 Å². The number of carbonyl (C=O) groups is 1. The Bertz CT molecular complexity index is 236. The molecule has 0 spiro atoms. The highest BCUT2D eigenvalue weighted by Gasteiger charge is 2.36. The maximum atomic E-state index is 11.7. The second kappa shape index (κ2) is 4.12. The standard InChI is InChI=1S/C12H23NO2/c1-11(2,12(3,4)15)13-10(14)8-9-6-5-7-9/h9,15H,5-8H2,1-4H3,(H,13,14). The van der Waals surface area contributed by atoms with E-state index < -0.39 is 11.1 Å². The van der Waals surface area contributed by atoms with Crippen LogP contribution < -0.4 is 5.32 Å². The van der Waals surface area contributed by atoms with Crippen molar-refractivity contribution < 1.29 is 9.90 Å². The molecular weight excluding hydrogens is 190 g/mol. The van der Waals surface area contributed by atoms with E-state index in [0.29, 0.717) is 12.3 Å². The smallest absolute Gasteiger partial charge is 0.220 e. The number of amides is 1. The molecule has 1 aliphatic carbocycles. The third-order valence-corrected chi connectivity index (χ3v) is 3.68. The average Bonchev–Trinajstić information content (AvgIpc) is 1.93. The largest absolute Gasteiger partial charge is 0.388 e. The maximum absolute atomic E-state index is 11.7. The third-order valence-electron chi connectivity index (χ3n) is 3.68. The van der Waals surface area contributed by atoms with Gasteiger partial charge in [-0.15, -0.1) is 0 Å². The zero-order valence-corrected chi connectivity index (χ0v) is 10.3. The molecule has 1 rings (SSSR count). The van der Waals surface area contributed by atoms with Gasteiger partial charge in [0.15, 0.2) is 0 Å². The molecule has 0 aromatic rings. The predicted molar refractivity (Wildman–Crippen MR) is 60.5 cm³/mol. The minimum Gasteiger partial charge on any atom is -0.388 e. The molecule has 1 fully saturated rings. The van der Waals surface area contributed by atoms with Crippen molar-refractivity contribution in [3.63, 3.8) is 0 Å². The molecule has 0 saturated heterocycles. The summed E-state index contributed by atoms with van der Waals surface area (Å²) in [5, 5.41) is 12.8. The molecule has 0 aliphatic heterocycles. The Kier molecular flexibility index (Phi) is 3.44. The van der Waals surface area contributed by atoms with Crippen LogP contribution in [0.4, 0.5) is 0 Å². The van der Waals surface area contributed by atoms with Gasteiger partial charge in [0.2, 0.25) is 5.91 Å². The molecule has 3 nitrogen and oxygen atoms in total. The molecule has 1 amide bonds. The van der Waals surface area contributed by atoms with Crippen molar-refractivity contribution in [1.82, 2.24) is 5.32 Å². The summed E-state index contributed by atoms with van der Waals surface area (Å²) in [5.41, 5.74) is -1.48. The zero-order chi connectivity index (χ0) is 11.7. The molecule has 3 heteroatoms. The number of hydrogen-bond acceptors (Lipinski definition) is 2. The quantitative estimate of drug-likeness (QED) is 0.748. The van der Waals surface area contributed by atoms with E-state index in [1.54, 1.807) is 13.8 Å². The fraction of sp³-hybridized carbons (Fsp3) is 0.917. The summed E-state index contributed by atoms with van der Waals surface area (Å²) in [6.45, 7) is 7.14. The van der Waals surface area contributed by atoms with E-state index in [1.165, 1.54) is 19.3 Å². The van der Waals surface area contributed by atoms with Crippen LogP contribution in [-0.4, -0.2) is 22.2 Å². The van der Waals surface area contributed by atoms with E-state index in [0.717, 1.165) is 0 Å². The minimum absolute atomic E-state index is 0.0619. The molecule has 0 bridgehead atoms. The SMILES string of the molecule is CC(C)(O)C(C)(C)NC(=O)CC1CCC1. The lowest BCUT2D eigenvalue weighted by molar-refractivity contribution is -0.127. The van der Waals surface area contributed by atoms with Crippen LogP contribution in [0.15, 0.2) is 0 Å². The number of aliphatic hydroxyl groups is 1. The molecule has 1 saturated carbocycles.